The summed E-state index contributed by atoms with van der Waals surface area (Å²) in [6.45, 7) is 5.93. The van der Waals surface area contributed by atoms with Crippen molar-refractivity contribution in [2.75, 3.05) is 7.05 Å². The molecule has 2 aromatic rings. The van der Waals surface area contributed by atoms with Gasteiger partial charge in [-0.3, -0.25) is 0 Å². The number of benzene rings is 1. The van der Waals surface area contributed by atoms with Crippen LogP contribution in [0.5, 0.6) is 5.75 Å². The van der Waals surface area contributed by atoms with Crippen LogP contribution in [-0.2, 0) is 6.42 Å². The van der Waals surface area contributed by atoms with Crippen molar-refractivity contribution in [2.45, 2.75) is 13.3 Å². The third kappa shape index (κ3) is 2.71. The second kappa shape index (κ2) is 5.23. The van der Waals surface area contributed by atoms with Crippen molar-refractivity contribution in [1.29, 1.82) is 0 Å². The average Bonchev–Trinajstić information content (AvgIpc) is 2.81. The number of rotatable bonds is 4. The number of phenolic OH excluding ortho intramolecular Hbond substituents is 1. The fourth-order valence-electron chi connectivity index (χ4n) is 1.67. The zero-order chi connectivity index (χ0) is 13.1. The SMILES string of the molecule is C=C(NC)c1csc(Cc2cc(O)ccc2C)n1. The second-order valence-corrected chi connectivity index (χ2v) is 5.09. The highest BCUT2D eigenvalue weighted by Crippen LogP contribution is 2.22. The fourth-order valence-corrected chi connectivity index (χ4v) is 2.50. The Hall–Kier alpha value is -1.81. The lowest BCUT2D eigenvalue weighted by Gasteiger charge is -2.04. The molecule has 0 bridgehead atoms. The van der Waals surface area contributed by atoms with E-state index in [1.54, 1.807) is 23.5 Å². The molecule has 0 aliphatic rings. The van der Waals surface area contributed by atoms with Crippen molar-refractivity contribution in [3.05, 3.63) is 52.0 Å². The van der Waals surface area contributed by atoms with Crippen molar-refractivity contribution in [3.8, 4) is 5.75 Å². The van der Waals surface area contributed by atoms with Gasteiger partial charge in [-0.1, -0.05) is 12.6 Å². The number of hydrogen-bond acceptors (Lipinski definition) is 4. The maximum Gasteiger partial charge on any atom is 0.115 e. The second-order valence-electron chi connectivity index (χ2n) is 4.14. The van der Waals surface area contributed by atoms with Crippen LogP contribution in [0.25, 0.3) is 5.70 Å². The Morgan fingerprint density at radius 2 is 2.28 bits per heavy atom. The summed E-state index contributed by atoms with van der Waals surface area (Å²) in [4.78, 5) is 4.52. The van der Waals surface area contributed by atoms with E-state index in [4.69, 9.17) is 0 Å². The molecule has 18 heavy (non-hydrogen) atoms. The Morgan fingerprint density at radius 1 is 1.50 bits per heavy atom. The molecule has 94 valence electrons. The van der Waals surface area contributed by atoms with Crippen LogP contribution in [0, 0.1) is 6.92 Å². The first-order valence-corrected chi connectivity index (χ1v) is 6.58. The molecule has 0 unspecified atom stereocenters. The molecule has 0 saturated carbocycles. The van der Waals surface area contributed by atoms with Crippen LogP contribution in [-0.4, -0.2) is 17.1 Å². The van der Waals surface area contributed by atoms with Gasteiger partial charge in [0.05, 0.1) is 16.4 Å². The Balaban J connectivity index is 2.21. The molecule has 1 aromatic heterocycles. The van der Waals surface area contributed by atoms with Gasteiger partial charge in [0.1, 0.15) is 5.75 Å². The zero-order valence-electron chi connectivity index (χ0n) is 10.5. The van der Waals surface area contributed by atoms with Gasteiger partial charge >= 0.3 is 0 Å². The van der Waals surface area contributed by atoms with E-state index in [0.717, 1.165) is 33.9 Å². The van der Waals surface area contributed by atoms with E-state index in [-0.39, 0.29) is 0 Å². The topological polar surface area (TPSA) is 45.1 Å². The van der Waals surface area contributed by atoms with Crippen LogP contribution >= 0.6 is 11.3 Å². The number of aromatic hydroxyl groups is 1. The molecule has 1 aromatic carbocycles. The van der Waals surface area contributed by atoms with E-state index in [1.807, 2.05) is 25.4 Å². The van der Waals surface area contributed by atoms with Gasteiger partial charge < -0.3 is 10.4 Å². The predicted molar refractivity (Wildman–Crippen MR) is 75.9 cm³/mol. The van der Waals surface area contributed by atoms with E-state index in [1.165, 1.54) is 0 Å². The smallest absolute Gasteiger partial charge is 0.115 e. The van der Waals surface area contributed by atoms with Gasteiger partial charge in [-0.2, -0.15) is 0 Å². The normalized spacial score (nSPS) is 10.3. The van der Waals surface area contributed by atoms with Crippen molar-refractivity contribution in [3.63, 3.8) is 0 Å². The van der Waals surface area contributed by atoms with Crippen LogP contribution in [0.1, 0.15) is 21.8 Å². The van der Waals surface area contributed by atoms with Gasteiger partial charge in [-0.15, -0.1) is 11.3 Å². The molecule has 0 aliphatic carbocycles. The highest BCUT2D eigenvalue weighted by atomic mass is 32.1. The minimum Gasteiger partial charge on any atom is -0.508 e. The van der Waals surface area contributed by atoms with Crippen LogP contribution in [0.4, 0.5) is 0 Å². The standard InChI is InChI=1S/C14H16N2OS/c1-9-4-5-12(17)6-11(9)7-14-16-13(8-18-14)10(2)15-3/h4-6,8,15,17H,2,7H2,1,3H3. The molecule has 3 nitrogen and oxygen atoms in total. The number of nitrogens with zero attached hydrogens (tertiary/aromatic N) is 1. The number of aromatic nitrogens is 1. The van der Waals surface area contributed by atoms with E-state index in [0.29, 0.717) is 5.75 Å². The number of nitrogens with one attached hydrogen (secondary N) is 1. The van der Waals surface area contributed by atoms with Gasteiger partial charge in [0.15, 0.2) is 0 Å². The van der Waals surface area contributed by atoms with E-state index >= 15 is 0 Å². The largest absolute Gasteiger partial charge is 0.508 e. The Morgan fingerprint density at radius 3 is 3.00 bits per heavy atom. The van der Waals surface area contributed by atoms with E-state index in [2.05, 4.69) is 16.9 Å². The van der Waals surface area contributed by atoms with Crippen molar-refractivity contribution >= 4 is 17.0 Å². The first kappa shape index (κ1) is 12.6. The molecule has 0 radical (unpaired) electrons. The molecule has 0 amide bonds. The van der Waals surface area contributed by atoms with Crippen LogP contribution in [0.2, 0.25) is 0 Å². The third-order valence-electron chi connectivity index (χ3n) is 2.84. The summed E-state index contributed by atoms with van der Waals surface area (Å²) < 4.78 is 0. The molecule has 0 atom stereocenters. The Labute approximate surface area is 111 Å². The molecule has 0 spiro atoms. The highest BCUT2D eigenvalue weighted by molar-refractivity contribution is 7.09. The van der Waals surface area contributed by atoms with Crippen LogP contribution in [0.3, 0.4) is 0 Å². The molecule has 0 aliphatic heterocycles. The van der Waals surface area contributed by atoms with Crippen LogP contribution < -0.4 is 5.32 Å². The quantitative estimate of drug-likeness (QED) is 0.888. The third-order valence-corrected chi connectivity index (χ3v) is 3.69. The number of thiazole rings is 1. The molecular weight excluding hydrogens is 244 g/mol. The summed E-state index contributed by atoms with van der Waals surface area (Å²) in [6, 6.07) is 5.42. The number of aryl methyl sites for hydroxylation is 1. The minimum absolute atomic E-state index is 0.298. The fraction of sp³-hybridized carbons (Fsp3) is 0.214. The highest BCUT2D eigenvalue weighted by Gasteiger charge is 2.07. The zero-order valence-corrected chi connectivity index (χ0v) is 11.3. The lowest BCUT2D eigenvalue weighted by atomic mass is 10.1. The van der Waals surface area contributed by atoms with Crippen molar-refractivity contribution in [2.24, 2.45) is 0 Å². The number of phenols is 1. The molecule has 0 fully saturated rings. The maximum atomic E-state index is 9.51. The van der Waals surface area contributed by atoms with Gasteiger partial charge in [0.25, 0.3) is 0 Å². The molecule has 4 heteroatoms. The molecular formula is C14H16N2OS. The van der Waals surface area contributed by atoms with Gasteiger partial charge in [-0.25, -0.2) is 4.98 Å². The molecule has 1 heterocycles. The maximum absolute atomic E-state index is 9.51. The summed E-state index contributed by atoms with van der Waals surface area (Å²) in [6.07, 6.45) is 0.738. The molecule has 0 saturated heterocycles. The average molecular weight is 260 g/mol. The lowest BCUT2D eigenvalue weighted by molar-refractivity contribution is 0.474. The summed E-state index contributed by atoms with van der Waals surface area (Å²) in [5.41, 5.74) is 3.98. The molecule has 2 N–H and O–H groups in total. The Kier molecular flexibility index (Phi) is 3.67. The summed E-state index contributed by atoms with van der Waals surface area (Å²) in [5.74, 6) is 0.298. The summed E-state index contributed by atoms with van der Waals surface area (Å²) in [7, 11) is 1.83. The monoisotopic (exact) mass is 260 g/mol. The van der Waals surface area contributed by atoms with Gasteiger partial charge in [0, 0.05) is 18.8 Å². The Bertz CT molecular complexity index is 575. The summed E-state index contributed by atoms with van der Waals surface area (Å²) >= 11 is 1.61. The predicted octanol–water partition coefficient (Wildman–Crippen LogP) is 2.94. The van der Waals surface area contributed by atoms with E-state index in [9.17, 15) is 5.11 Å². The van der Waals surface area contributed by atoms with Gasteiger partial charge in [-0.05, 0) is 30.2 Å². The van der Waals surface area contributed by atoms with Crippen molar-refractivity contribution in [1.82, 2.24) is 10.3 Å². The van der Waals surface area contributed by atoms with Crippen molar-refractivity contribution < 1.29 is 5.11 Å². The first-order chi connectivity index (χ1) is 8.60. The lowest BCUT2D eigenvalue weighted by Crippen LogP contribution is -2.03. The first-order valence-electron chi connectivity index (χ1n) is 5.70. The molecule has 2 rings (SSSR count). The van der Waals surface area contributed by atoms with E-state index < -0.39 is 0 Å². The minimum atomic E-state index is 0.298. The van der Waals surface area contributed by atoms with Crippen LogP contribution in [0.15, 0.2) is 30.2 Å². The summed E-state index contributed by atoms with van der Waals surface area (Å²) in [5, 5.41) is 15.5. The number of hydrogen-bond donors (Lipinski definition) is 2. The van der Waals surface area contributed by atoms with Gasteiger partial charge in [0.2, 0.25) is 0 Å².